The van der Waals surface area contributed by atoms with Gasteiger partial charge in [-0.15, -0.1) is 0 Å². The van der Waals surface area contributed by atoms with E-state index in [1.807, 2.05) is 41.3 Å². The van der Waals surface area contributed by atoms with Crippen LogP contribution < -0.4 is 0 Å². The molecule has 0 spiro atoms. The number of rotatable bonds is 5. The Morgan fingerprint density at radius 3 is 2.38 bits per heavy atom. The summed E-state index contributed by atoms with van der Waals surface area (Å²) in [5.41, 5.74) is 2.68. The molecule has 2 aromatic carbocycles. The number of nitriles is 1. The van der Waals surface area contributed by atoms with Gasteiger partial charge in [-0.3, -0.25) is 9.69 Å². The van der Waals surface area contributed by atoms with Gasteiger partial charge in [0.15, 0.2) is 0 Å². The number of aryl methyl sites for hydroxylation is 1. The first kappa shape index (κ1) is 18.0. The molecule has 0 saturated carbocycles. The average Bonchev–Trinajstić information content (AvgIpc) is 2.68. The summed E-state index contributed by atoms with van der Waals surface area (Å²) in [6, 6.07) is 17.0. The van der Waals surface area contributed by atoms with Crippen LogP contribution in [0.3, 0.4) is 0 Å². The van der Waals surface area contributed by atoms with Gasteiger partial charge < -0.3 is 10.0 Å². The second-order valence-corrected chi connectivity index (χ2v) is 6.59. The summed E-state index contributed by atoms with van der Waals surface area (Å²) in [6.07, 6.45) is 0.990. The molecule has 2 aromatic rings. The lowest BCUT2D eigenvalue weighted by molar-refractivity contribution is -0.133. The number of carbonyl (C=O) groups excluding carboxylic acids is 1. The minimum atomic E-state index is 0.145. The Morgan fingerprint density at radius 2 is 1.73 bits per heavy atom. The summed E-state index contributed by atoms with van der Waals surface area (Å²) >= 11 is 0. The monoisotopic (exact) mass is 349 g/mol. The first-order valence-electron chi connectivity index (χ1n) is 8.92. The third-order valence-corrected chi connectivity index (χ3v) is 4.81. The number of hydrogen-bond acceptors (Lipinski definition) is 4. The van der Waals surface area contributed by atoms with Gasteiger partial charge in [-0.2, -0.15) is 5.26 Å². The van der Waals surface area contributed by atoms with Crippen LogP contribution in [0, 0.1) is 11.3 Å². The molecule has 1 N–H and O–H groups in total. The zero-order chi connectivity index (χ0) is 18.4. The summed E-state index contributed by atoms with van der Waals surface area (Å²) in [6.45, 7) is 4.00. The van der Waals surface area contributed by atoms with E-state index in [0.717, 1.165) is 38.3 Å². The van der Waals surface area contributed by atoms with E-state index in [1.54, 1.807) is 12.1 Å². The maximum atomic E-state index is 12.4. The van der Waals surface area contributed by atoms with Gasteiger partial charge in [0, 0.05) is 39.1 Å². The van der Waals surface area contributed by atoms with Crippen molar-refractivity contribution in [3.05, 3.63) is 65.2 Å². The van der Waals surface area contributed by atoms with Crippen LogP contribution in [0.1, 0.15) is 23.1 Å². The molecule has 0 unspecified atom stereocenters. The van der Waals surface area contributed by atoms with Crippen molar-refractivity contribution < 1.29 is 9.90 Å². The lowest BCUT2D eigenvalue weighted by atomic mass is 10.1. The SMILES string of the molecule is N#Cc1ccc(CN2CCN(C(=O)CCc3ccccc3O)CC2)cc1. The highest BCUT2D eigenvalue weighted by molar-refractivity contribution is 5.76. The summed E-state index contributed by atoms with van der Waals surface area (Å²) in [4.78, 5) is 16.7. The van der Waals surface area contributed by atoms with Crippen molar-refractivity contribution in [2.75, 3.05) is 26.2 Å². The van der Waals surface area contributed by atoms with Crippen LogP contribution in [-0.4, -0.2) is 47.0 Å². The molecule has 0 radical (unpaired) electrons. The van der Waals surface area contributed by atoms with Crippen LogP contribution >= 0.6 is 0 Å². The normalized spacial score (nSPS) is 14.8. The van der Waals surface area contributed by atoms with Gasteiger partial charge in [-0.1, -0.05) is 30.3 Å². The maximum absolute atomic E-state index is 12.4. The molecule has 0 aliphatic carbocycles. The number of carbonyl (C=O) groups is 1. The predicted molar refractivity (Wildman–Crippen MR) is 99.4 cm³/mol. The standard InChI is InChI=1S/C21H23N3O2/c22-15-17-5-7-18(8-6-17)16-23-11-13-24(14-12-23)21(26)10-9-19-3-1-2-4-20(19)25/h1-8,25H,9-14,16H2. The van der Waals surface area contributed by atoms with Gasteiger partial charge in [0.1, 0.15) is 5.75 Å². The molecule has 134 valence electrons. The molecule has 26 heavy (non-hydrogen) atoms. The van der Waals surface area contributed by atoms with Crippen LogP contribution in [0.5, 0.6) is 5.75 Å². The highest BCUT2D eigenvalue weighted by Gasteiger charge is 2.21. The Balaban J connectivity index is 1.44. The number of piperazine rings is 1. The maximum Gasteiger partial charge on any atom is 0.222 e. The molecule has 0 aromatic heterocycles. The van der Waals surface area contributed by atoms with Crippen LogP contribution in [0.15, 0.2) is 48.5 Å². The van der Waals surface area contributed by atoms with Gasteiger partial charge in [-0.05, 0) is 35.7 Å². The molecule has 1 heterocycles. The van der Waals surface area contributed by atoms with Crippen molar-refractivity contribution in [1.29, 1.82) is 5.26 Å². The van der Waals surface area contributed by atoms with Crippen molar-refractivity contribution in [3.63, 3.8) is 0 Å². The van der Waals surface area contributed by atoms with Gasteiger partial charge in [0.25, 0.3) is 0 Å². The fourth-order valence-electron chi connectivity index (χ4n) is 3.22. The van der Waals surface area contributed by atoms with Crippen LogP contribution in [0.4, 0.5) is 0 Å². The summed E-state index contributed by atoms with van der Waals surface area (Å²) < 4.78 is 0. The van der Waals surface area contributed by atoms with E-state index in [1.165, 1.54) is 5.56 Å². The molecule has 0 bridgehead atoms. The summed E-state index contributed by atoms with van der Waals surface area (Å²) in [5.74, 6) is 0.402. The van der Waals surface area contributed by atoms with Crippen molar-refractivity contribution in [2.24, 2.45) is 0 Å². The van der Waals surface area contributed by atoms with Crippen molar-refractivity contribution >= 4 is 5.91 Å². The zero-order valence-electron chi connectivity index (χ0n) is 14.8. The molecular weight excluding hydrogens is 326 g/mol. The molecule has 1 aliphatic rings. The number of hydrogen-bond donors (Lipinski definition) is 1. The Kier molecular flexibility index (Phi) is 5.88. The summed E-state index contributed by atoms with van der Waals surface area (Å²) in [5, 5.41) is 18.6. The number of para-hydroxylation sites is 1. The quantitative estimate of drug-likeness (QED) is 0.901. The Labute approximate surface area is 154 Å². The molecular formula is C21H23N3O2. The molecule has 5 heteroatoms. The molecule has 5 nitrogen and oxygen atoms in total. The Hall–Kier alpha value is -2.84. The zero-order valence-corrected chi connectivity index (χ0v) is 14.8. The van der Waals surface area contributed by atoms with Crippen molar-refractivity contribution in [2.45, 2.75) is 19.4 Å². The fourth-order valence-corrected chi connectivity index (χ4v) is 3.22. The number of phenolic OH excluding ortho intramolecular Hbond substituents is 1. The van der Waals surface area contributed by atoms with Crippen molar-refractivity contribution in [1.82, 2.24) is 9.80 Å². The van der Waals surface area contributed by atoms with Gasteiger partial charge in [0.05, 0.1) is 11.6 Å². The second-order valence-electron chi connectivity index (χ2n) is 6.59. The van der Waals surface area contributed by atoms with Gasteiger partial charge >= 0.3 is 0 Å². The van der Waals surface area contributed by atoms with E-state index >= 15 is 0 Å². The molecule has 1 amide bonds. The number of benzene rings is 2. The number of amides is 1. The highest BCUT2D eigenvalue weighted by Crippen LogP contribution is 2.18. The van der Waals surface area contributed by atoms with Crippen LogP contribution in [-0.2, 0) is 17.8 Å². The lowest BCUT2D eigenvalue weighted by Gasteiger charge is -2.34. The van der Waals surface area contributed by atoms with Crippen molar-refractivity contribution in [3.8, 4) is 11.8 Å². The lowest BCUT2D eigenvalue weighted by Crippen LogP contribution is -2.48. The predicted octanol–water partition coefficient (Wildman–Crippen LogP) is 2.54. The molecule has 1 saturated heterocycles. The molecule has 1 aliphatic heterocycles. The number of phenols is 1. The van der Waals surface area contributed by atoms with Crippen LogP contribution in [0.2, 0.25) is 0 Å². The first-order valence-corrected chi connectivity index (χ1v) is 8.92. The highest BCUT2D eigenvalue weighted by atomic mass is 16.3. The fraction of sp³-hybridized carbons (Fsp3) is 0.333. The first-order chi connectivity index (χ1) is 12.7. The second kappa shape index (κ2) is 8.50. The van der Waals surface area contributed by atoms with E-state index in [2.05, 4.69) is 11.0 Å². The minimum absolute atomic E-state index is 0.145. The Morgan fingerprint density at radius 1 is 1.04 bits per heavy atom. The number of nitrogens with zero attached hydrogens (tertiary/aromatic N) is 3. The molecule has 1 fully saturated rings. The average molecular weight is 349 g/mol. The Bertz CT molecular complexity index is 788. The van der Waals surface area contributed by atoms with Gasteiger partial charge in [-0.25, -0.2) is 0 Å². The number of aromatic hydroxyl groups is 1. The van der Waals surface area contributed by atoms with Crippen LogP contribution in [0.25, 0.3) is 0 Å². The largest absolute Gasteiger partial charge is 0.508 e. The van der Waals surface area contributed by atoms with E-state index in [0.29, 0.717) is 18.4 Å². The molecule has 0 atom stereocenters. The third-order valence-electron chi connectivity index (χ3n) is 4.81. The van der Waals surface area contributed by atoms with Gasteiger partial charge in [0.2, 0.25) is 5.91 Å². The summed E-state index contributed by atoms with van der Waals surface area (Å²) in [7, 11) is 0. The molecule has 3 rings (SSSR count). The third kappa shape index (κ3) is 4.62. The topological polar surface area (TPSA) is 67.6 Å². The van der Waals surface area contributed by atoms with E-state index in [-0.39, 0.29) is 11.7 Å². The van der Waals surface area contributed by atoms with E-state index < -0.39 is 0 Å². The van der Waals surface area contributed by atoms with E-state index in [4.69, 9.17) is 5.26 Å². The minimum Gasteiger partial charge on any atom is -0.508 e. The smallest absolute Gasteiger partial charge is 0.222 e. The van der Waals surface area contributed by atoms with E-state index in [9.17, 15) is 9.90 Å².